The summed E-state index contributed by atoms with van der Waals surface area (Å²) in [6.07, 6.45) is 3.36. The number of benzene rings is 3. The molecule has 0 unspecified atom stereocenters. The highest BCUT2D eigenvalue weighted by Crippen LogP contribution is 2.55. The minimum atomic E-state index is -0.986. The van der Waals surface area contributed by atoms with Crippen molar-refractivity contribution in [3.63, 3.8) is 0 Å². The molecule has 1 fully saturated rings. The number of fused-ring (bicyclic) bond motifs is 3. The molecule has 202 valence electrons. The number of rotatable bonds is 4. The molecule has 1 saturated heterocycles. The number of nitrogens with zero attached hydrogens (tertiary/aromatic N) is 2. The van der Waals surface area contributed by atoms with Gasteiger partial charge in [0.25, 0.3) is 5.88 Å². The van der Waals surface area contributed by atoms with Crippen molar-refractivity contribution < 1.29 is 27.8 Å². The summed E-state index contributed by atoms with van der Waals surface area (Å²) >= 11 is 6.57. The van der Waals surface area contributed by atoms with E-state index in [1.165, 1.54) is 24.4 Å². The van der Waals surface area contributed by atoms with Crippen LogP contribution in [-0.2, 0) is 12.0 Å². The summed E-state index contributed by atoms with van der Waals surface area (Å²) < 4.78 is 49.9. The van der Waals surface area contributed by atoms with E-state index in [1.54, 1.807) is 0 Å². The fourth-order valence-electron chi connectivity index (χ4n) is 5.91. The molecule has 3 N–H and O–H groups in total. The minimum Gasteiger partial charge on any atom is -0.480 e. The van der Waals surface area contributed by atoms with Crippen LogP contribution in [0.25, 0.3) is 11.1 Å². The molecule has 3 aliphatic rings. The second-order valence-electron chi connectivity index (χ2n) is 9.92. The first-order chi connectivity index (χ1) is 19.4. The van der Waals surface area contributed by atoms with Gasteiger partial charge in [0.2, 0.25) is 11.7 Å². The Balaban J connectivity index is 1.45. The van der Waals surface area contributed by atoms with Gasteiger partial charge in [0.05, 0.1) is 22.8 Å². The fraction of sp³-hybridized carbons (Fsp3) is 0.207. The number of nitrogens with two attached hydrogens (primary N) is 1. The van der Waals surface area contributed by atoms with E-state index in [4.69, 9.17) is 31.5 Å². The number of carbonyl (C=O) groups excluding carboxylic acids is 1. The van der Waals surface area contributed by atoms with Crippen LogP contribution >= 0.6 is 11.6 Å². The molecule has 0 radical (unpaired) electrons. The molecule has 4 aromatic rings. The maximum atomic E-state index is 16.5. The zero-order valence-corrected chi connectivity index (χ0v) is 21.6. The predicted octanol–water partition coefficient (Wildman–Crippen LogP) is 5.65. The number of hydrogen-bond acceptors (Lipinski definition) is 7. The Morgan fingerprint density at radius 1 is 1.07 bits per heavy atom. The highest BCUT2D eigenvalue weighted by molar-refractivity contribution is 6.34. The Kier molecular flexibility index (Phi) is 5.65. The van der Waals surface area contributed by atoms with Crippen molar-refractivity contribution in [2.75, 3.05) is 6.54 Å². The van der Waals surface area contributed by atoms with Gasteiger partial charge in [-0.15, -0.1) is 5.10 Å². The van der Waals surface area contributed by atoms with Crippen LogP contribution < -0.4 is 25.3 Å². The maximum Gasteiger partial charge on any atom is 0.282 e. The molecular formula is C29H21ClF2N4O4. The Morgan fingerprint density at radius 2 is 1.90 bits per heavy atom. The maximum absolute atomic E-state index is 16.5. The Labute approximate surface area is 232 Å². The second kappa shape index (κ2) is 9.14. The lowest BCUT2D eigenvalue weighted by Gasteiger charge is -2.35. The summed E-state index contributed by atoms with van der Waals surface area (Å²) in [5.74, 6) is -2.91. The average Bonchev–Trinajstić information content (AvgIpc) is 3.63. The molecule has 1 aromatic heterocycles. The van der Waals surface area contributed by atoms with Gasteiger partial charge in [-0.2, -0.15) is 5.10 Å². The highest BCUT2D eigenvalue weighted by atomic mass is 35.5. The first kappa shape index (κ1) is 24.7. The molecule has 8 nitrogen and oxygen atoms in total. The summed E-state index contributed by atoms with van der Waals surface area (Å²) in [6, 6.07) is 13.4. The van der Waals surface area contributed by atoms with Gasteiger partial charge >= 0.3 is 0 Å². The smallest absolute Gasteiger partial charge is 0.282 e. The van der Waals surface area contributed by atoms with Crippen LogP contribution in [-0.4, -0.2) is 28.7 Å². The zero-order chi connectivity index (χ0) is 27.6. The normalized spacial score (nSPS) is 20.5. The van der Waals surface area contributed by atoms with E-state index in [0.29, 0.717) is 5.56 Å². The summed E-state index contributed by atoms with van der Waals surface area (Å²) in [5.41, 5.74) is 5.54. The van der Waals surface area contributed by atoms with E-state index in [1.807, 2.05) is 30.3 Å². The summed E-state index contributed by atoms with van der Waals surface area (Å²) in [6.45, 7) is 0.801. The van der Waals surface area contributed by atoms with Crippen molar-refractivity contribution in [3.8, 4) is 40.0 Å². The molecule has 40 heavy (non-hydrogen) atoms. The molecule has 1 amide bonds. The van der Waals surface area contributed by atoms with E-state index in [0.717, 1.165) is 24.9 Å². The largest absolute Gasteiger partial charge is 0.480 e. The number of aromatic nitrogens is 2. The Morgan fingerprint density at radius 3 is 2.65 bits per heavy atom. The van der Waals surface area contributed by atoms with Gasteiger partial charge in [0.15, 0.2) is 22.9 Å². The number of amides is 1. The van der Waals surface area contributed by atoms with Gasteiger partial charge in [0, 0.05) is 35.2 Å². The van der Waals surface area contributed by atoms with Gasteiger partial charge in [-0.1, -0.05) is 41.9 Å². The van der Waals surface area contributed by atoms with E-state index in [9.17, 15) is 4.79 Å². The summed E-state index contributed by atoms with van der Waals surface area (Å²) in [7, 11) is 0. The molecule has 3 aromatic carbocycles. The van der Waals surface area contributed by atoms with Crippen molar-refractivity contribution in [1.82, 2.24) is 15.5 Å². The lowest BCUT2D eigenvalue weighted by molar-refractivity contribution is 0.0539. The highest BCUT2D eigenvalue weighted by Gasteiger charge is 2.50. The van der Waals surface area contributed by atoms with Crippen molar-refractivity contribution in [3.05, 3.63) is 88.1 Å². The third-order valence-corrected chi connectivity index (χ3v) is 8.05. The van der Waals surface area contributed by atoms with Gasteiger partial charge in [0.1, 0.15) is 11.6 Å². The van der Waals surface area contributed by atoms with E-state index in [-0.39, 0.29) is 63.1 Å². The molecule has 4 heterocycles. The first-order valence-electron chi connectivity index (χ1n) is 12.7. The number of ether oxygens (including phenoxy) is 3. The first-order valence-corrected chi connectivity index (χ1v) is 13.1. The van der Waals surface area contributed by atoms with E-state index >= 15 is 8.78 Å². The van der Waals surface area contributed by atoms with Crippen LogP contribution in [0.1, 0.15) is 34.3 Å². The molecule has 3 aliphatic heterocycles. The minimum absolute atomic E-state index is 0.00708. The molecule has 7 rings (SSSR count). The lowest BCUT2D eigenvalue weighted by atomic mass is 9.80. The van der Waals surface area contributed by atoms with Crippen LogP contribution in [0.3, 0.4) is 0 Å². The van der Waals surface area contributed by atoms with Gasteiger partial charge in [-0.3, -0.25) is 4.79 Å². The van der Waals surface area contributed by atoms with Crippen molar-refractivity contribution in [1.29, 1.82) is 0 Å². The molecular weight excluding hydrogens is 542 g/mol. The van der Waals surface area contributed by atoms with Crippen LogP contribution in [0.5, 0.6) is 28.9 Å². The van der Waals surface area contributed by atoms with Crippen LogP contribution in [0.15, 0.2) is 54.7 Å². The summed E-state index contributed by atoms with van der Waals surface area (Å²) in [4.78, 5) is 12.7. The SMILES string of the molecule is NC(=O)c1cc2c(c(F)c1-c1c(Cl)c(F)cc3c1C[C@](c1ccccc1)([C@@H]1CCCN1)O3)Oc1ccnnc1O2. The molecule has 11 heteroatoms. The molecule has 0 spiro atoms. The zero-order valence-electron chi connectivity index (χ0n) is 20.8. The number of primary amides is 1. The number of carbonyl (C=O) groups is 1. The van der Waals surface area contributed by atoms with Crippen molar-refractivity contribution in [2.24, 2.45) is 5.73 Å². The predicted molar refractivity (Wildman–Crippen MR) is 141 cm³/mol. The third kappa shape index (κ3) is 3.63. The molecule has 0 saturated carbocycles. The standard InChI is InChI=1S/C29H21ClF2N4O4/c30-24-17(31)12-19-16(13-29(40-19,21-7-4-9-34-21)14-5-2-1-3-6-14)22(24)23-15(27(33)37)11-20-26(25(23)32)38-18-8-10-35-36-28(18)39-20/h1-3,5-6,8,10-12,21,34H,4,7,9,13H2,(H2,33,37)/t21-,29-/m0/s1. The number of nitrogens with one attached hydrogen (secondary N) is 1. The quantitative estimate of drug-likeness (QED) is 0.291. The third-order valence-electron chi connectivity index (χ3n) is 7.68. The van der Waals surface area contributed by atoms with Gasteiger partial charge < -0.3 is 25.3 Å². The van der Waals surface area contributed by atoms with E-state index in [2.05, 4.69) is 15.5 Å². The Bertz CT molecular complexity index is 1700. The monoisotopic (exact) mass is 562 g/mol. The van der Waals surface area contributed by atoms with E-state index < -0.39 is 23.1 Å². The molecule has 0 aliphatic carbocycles. The van der Waals surface area contributed by atoms with Crippen molar-refractivity contribution in [2.45, 2.75) is 30.9 Å². The Hall–Kier alpha value is -4.28. The molecule has 2 atom stereocenters. The van der Waals surface area contributed by atoms with Crippen LogP contribution in [0, 0.1) is 11.6 Å². The van der Waals surface area contributed by atoms with Crippen LogP contribution in [0.4, 0.5) is 8.78 Å². The second-order valence-corrected chi connectivity index (χ2v) is 10.3. The fourth-order valence-corrected chi connectivity index (χ4v) is 6.17. The average molecular weight is 563 g/mol. The summed E-state index contributed by atoms with van der Waals surface area (Å²) in [5, 5.41) is 10.7. The van der Waals surface area contributed by atoms with Gasteiger partial charge in [-0.05, 0) is 31.0 Å². The van der Waals surface area contributed by atoms with Crippen molar-refractivity contribution >= 4 is 17.5 Å². The number of hydrogen-bond donors (Lipinski definition) is 2. The topological polar surface area (TPSA) is 109 Å². The van der Waals surface area contributed by atoms with Gasteiger partial charge in [-0.25, -0.2) is 8.78 Å². The lowest BCUT2D eigenvalue weighted by Crippen LogP contribution is -2.48. The van der Waals surface area contributed by atoms with Crippen LogP contribution in [0.2, 0.25) is 5.02 Å². The number of halogens is 3. The molecule has 0 bridgehead atoms.